The number of carbonyl (C=O) groups excluding carboxylic acids is 1. The summed E-state index contributed by atoms with van der Waals surface area (Å²) in [6.07, 6.45) is 3.18. The van der Waals surface area contributed by atoms with Crippen molar-refractivity contribution >= 4 is 17.1 Å². The van der Waals surface area contributed by atoms with E-state index in [-0.39, 0.29) is 5.78 Å². The predicted octanol–water partition coefficient (Wildman–Crippen LogP) is 2.54. The number of aliphatic hydroxyl groups is 1. The van der Waals surface area contributed by atoms with E-state index in [0.29, 0.717) is 18.4 Å². The zero-order chi connectivity index (χ0) is 10.2. The van der Waals surface area contributed by atoms with E-state index in [9.17, 15) is 9.90 Å². The van der Waals surface area contributed by atoms with Crippen molar-refractivity contribution in [2.24, 2.45) is 0 Å². The summed E-state index contributed by atoms with van der Waals surface area (Å²) in [6.45, 7) is 1.93. The summed E-state index contributed by atoms with van der Waals surface area (Å²) in [5.41, 5.74) is -0.356. The molecule has 2 nitrogen and oxygen atoms in total. The van der Waals surface area contributed by atoms with Crippen LogP contribution in [0.3, 0.4) is 0 Å². The molecule has 1 fully saturated rings. The third-order valence-electron chi connectivity index (χ3n) is 2.96. The van der Waals surface area contributed by atoms with E-state index in [1.54, 1.807) is 11.3 Å². The van der Waals surface area contributed by atoms with Gasteiger partial charge in [-0.15, -0.1) is 11.3 Å². The van der Waals surface area contributed by atoms with E-state index in [2.05, 4.69) is 0 Å². The lowest BCUT2D eigenvalue weighted by molar-refractivity contribution is 0.0353. The maximum Gasteiger partial charge on any atom is 0.195 e. The van der Waals surface area contributed by atoms with Crippen LogP contribution in [0.5, 0.6) is 0 Å². The van der Waals surface area contributed by atoms with E-state index in [1.807, 2.05) is 18.4 Å². The molecule has 0 radical (unpaired) electrons. The molecule has 0 aliphatic heterocycles. The molecular weight excluding hydrogens is 196 g/mol. The van der Waals surface area contributed by atoms with E-state index in [4.69, 9.17) is 0 Å². The second-order valence-electron chi connectivity index (χ2n) is 3.96. The second-order valence-corrected chi connectivity index (χ2v) is 5.08. The van der Waals surface area contributed by atoms with Crippen molar-refractivity contribution in [1.82, 2.24) is 0 Å². The van der Waals surface area contributed by atoms with Crippen LogP contribution in [0.25, 0.3) is 0 Å². The van der Waals surface area contributed by atoms with Crippen LogP contribution in [-0.2, 0) is 0 Å². The summed E-state index contributed by atoms with van der Waals surface area (Å²) >= 11 is 1.56. The molecule has 0 aromatic carbocycles. The third kappa shape index (κ3) is 1.51. The average molecular weight is 210 g/mol. The minimum Gasteiger partial charge on any atom is -0.382 e. The van der Waals surface area contributed by atoms with Gasteiger partial charge in [-0.2, -0.15) is 0 Å². The topological polar surface area (TPSA) is 37.3 Å². The number of carbonyl (C=O) groups is 1. The Labute approximate surface area is 87.6 Å². The van der Waals surface area contributed by atoms with Gasteiger partial charge in [-0.05, 0) is 44.1 Å². The van der Waals surface area contributed by atoms with Crippen LogP contribution >= 0.6 is 11.3 Å². The lowest BCUT2D eigenvalue weighted by Crippen LogP contribution is -2.35. The number of Topliss-reactive ketones (excluding diaryl/α,β-unsaturated/α-hetero) is 1. The Balaban J connectivity index is 2.28. The van der Waals surface area contributed by atoms with Crippen molar-refractivity contribution in [3.05, 3.63) is 21.9 Å². The molecule has 1 aromatic heterocycles. The van der Waals surface area contributed by atoms with Gasteiger partial charge in [0.15, 0.2) is 5.78 Å². The third-order valence-corrected chi connectivity index (χ3v) is 3.80. The maximum atomic E-state index is 12.0. The van der Waals surface area contributed by atoms with Gasteiger partial charge in [-0.25, -0.2) is 0 Å². The SMILES string of the molecule is Cc1sccc1C(=O)C1(O)CCCC1. The van der Waals surface area contributed by atoms with E-state index >= 15 is 0 Å². The summed E-state index contributed by atoms with van der Waals surface area (Å²) < 4.78 is 0. The molecule has 0 unspecified atom stereocenters. The number of aryl methyl sites for hydroxylation is 1. The molecule has 0 atom stereocenters. The average Bonchev–Trinajstić information content (AvgIpc) is 2.74. The quantitative estimate of drug-likeness (QED) is 0.762. The number of rotatable bonds is 2. The van der Waals surface area contributed by atoms with Crippen molar-refractivity contribution in [2.75, 3.05) is 0 Å². The van der Waals surface area contributed by atoms with Gasteiger partial charge in [0.05, 0.1) is 0 Å². The van der Waals surface area contributed by atoms with Crippen LogP contribution in [0.2, 0.25) is 0 Å². The molecule has 1 N–H and O–H groups in total. The summed E-state index contributed by atoms with van der Waals surface area (Å²) in [4.78, 5) is 13.0. The van der Waals surface area contributed by atoms with Crippen LogP contribution in [-0.4, -0.2) is 16.5 Å². The molecule has 0 spiro atoms. The minimum atomic E-state index is -1.06. The van der Waals surface area contributed by atoms with Crippen molar-refractivity contribution in [3.8, 4) is 0 Å². The Bertz CT molecular complexity index is 348. The number of hydrogen-bond acceptors (Lipinski definition) is 3. The lowest BCUT2D eigenvalue weighted by atomic mass is 9.92. The molecular formula is C11H14O2S. The Morgan fingerprint density at radius 3 is 2.64 bits per heavy atom. The van der Waals surface area contributed by atoms with Gasteiger partial charge in [0.25, 0.3) is 0 Å². The molecule has 0 amide bonds. The predicted molar refractivity (Wildman–Crippen MR) is 56.8 cm³/mol. The van der Waals surface area contributed by atoms with Gasteiger partial charge < -0.3 is 5.11 Å². The number of ketones is 1. The van der Waals surface area contributed by atoms with Crippen molar-refractivity contribution in [3.63, 3.8) is 0 Å². The van der Waals surface area contributed by atoms with Crippen LogP contribution < -0.4 is 0 Å². The van der Waals surface area contributed by atoms with E-state index < -0.39 is 5.60 Å². The molecule has 14 heavy (non-hydrogen) atoms. The Morgan fingerprint density at radius 1 is 1.50 bits per heavy atom. The van der Waals surface area contributed by atoms with E-state index in [1.165, 1.54) is 0 Å². The summed E-state index contributed by atoms with van der Waals surface area (Å²) in [6, 6.07) is 1.82. The molecule has 1 heterocycles. The summed E-state index contributed by atoms with van der Waals surface area (Å²) in [5.74, 6) is -0.0752. The number of hydrogen-bond donors (Lipinski definition) is 1. The first-order valence-electron chi connectivity index (χ1n) is 4.95. The largest absolute Gasteiger partial charge is 0.382 e. The normalized spacial score (nSPS) is 19.9. The summed E-state index contributed by atoms with van der Waals surface area (Å²) in [5, 5.41) is 12.0. The van der Waals surface area contributed by atoms with Gasteiger partial charge in [0.2, 0.25) is 0 Å². The van der Waals surface area contributed by atoms with Crippen molar-refractivity contribution in [2.45, 2.75) is 38.2 Å². The minimum absolute atomic E-state index is 0.0752. The monoisotopic (exact) mass is 210 g/mol. The standard InChI is InChI=1S/C11H14O2S/c1-8-9(4-7-14-8)10(12)11(13)5-2-3-6-11/h4,7,13H,2-3,5-6H2,1H3. The molecule has 1 aliphatic rings. The van der Waals surface area contributed by atoms with E-state index in [0.717, 1.165) is 17.7 Å². The van der Waals surface area contributed by atoms with Gasteiger partial charge >= 0.3 is 0 Å². The fourth-order valence-corrected chi connectivity index (χ4v) is 2.75. The van der Waals surface area contributed by atoms with Crippen LogP contribution in [0.1, 0.15) is 40.9 Å². The zero-order valence-corrected chi connectivity index (χ0v) is 9.06. The fraction of sp³-hybridized carbons (Fsp3) is 0.545. The highest BCUT2D eigenvalue weighted by molar-refractivity contribution is 7.10. The molecule has 1 aliphatic carbocycles. The van der Waals surface area contributed by atoms with Crippen LogP contribution in [0.15, 0.2) is 11.4 Å². The highest BCUT2D eigenvalue weighted by Crippen LogP contribution is 2.34. The van der Waals surface area contributed by atoms with Crippen molar-refractivity contribution < 1.29 is 9.90 Å². The van der Waals surface area contributed by atoms with Crippen molar-refractivity contribution in [1.29, 1.82) is 0 Å². The molecule has 3 heteroatoms. The molecule has 2 rings (SSSR count). The highest BCUT2D eigenvalue weighted by Gasteiger charge is 2.39. The zero-order valence-electron chi connectivity index (χ0n) is 8.25. The van der Waals surface area contributed by atoms with Gasteiger partial charge in [0, 0.05) is 10.4 Å². The Kier molecular flexibility index (Phi) is 2.45. The smallest absolute Gasteiger partial charge is 0.195 e. The maximum absolute atomic E-state index is 12.0. The molecule has 1 saturated carbocycles. The first-order valence-corrected chi connectivity index (χ1v) is 5.83. The van der Waals surface area contributed by atoms with Gasteiger partial charge in [-0.1, -0.05) is 0 Å². The Morgan fingerprint density at radius 2 is 2.14 bits per heavy atom. The van der Waals surface area contributed by atoms with Crippen LogP contribution in [0, 0.1) is 6.92 Å². The second kappa shape index (κ2) is 3.48. The first kappa shape index (κ1) is 9.87. The van der Waals surface area contributed by atoms with Gasteiger partial charge in [-0.3, -0.25) is 4.79 Å². The lowest BCUT2D eigenvalue weighted by Gasteiger charge is -2.19. The first-order chi connectivity index (χ1) is 6.63. The number of thiophene rings is 1. The fourth-order valence-electron chi connectivity index (χ4n) is 2.06. The molecule has 1 aromatic rings. The Hall–Kier alpha value is -0.670. The highest BCUT2D eigenvalue weighted by atomic mass is 32.1. The summed E-state index contributed by atoms with van der Waals surface area (Å²) in [7, 11) is 0. The van der Waals surface area contributed by atoms with Gasteiger partial charge in [0.1, 0.15) is 5.60 Å². The molecule has 0 saturated heterocycles. The molecule has 76 valence electrons. The van der Waals surface area contributed by atoms with Crippen LogP contribution in [0.4, 0.5) is 0 Å². The molecule has 0 bridgehead atoms.